The highest BCUT2D eigenvalue weighted by molar-refractivity contribution is 8.18. The molecule has 0 radical (unpaired) electrons. The Hall–Kier alpha value is 1.32. The van der Waals surface area contributed by atoms with Gasteiger partial charge in [-0.1, -0.05) is 51.4 Å². The van der Waals surface area contributed by atoms with Crippen LogP contribution in [0, 0.1) is 0 Å². The Labute approximate surface area is 203 Å². The van der Waals surface area contributed by atoms with E-state index >= 15 is 0 Å². The van der Waals surface area contributed by atoms with Crippen LogP contribution in [0.3, 0.4) is 0 Å². The van der Waals surface area contributed by atoms with Crippen LogP contribution in [-0.2, 0) is 9.47 Å². The summed E-state index contributed by atoms with van der Waals surface area (Å²) in [6, 6.07) is 0. The van der Waals surface area contributed by atoms with Crippen molar-refractivity contribution in [3.05, 3.63) is 0 Å². The molecule has 3 aliphatic rings. The number of hydrogen-bond donors (Lipinski definition) is 0. The second-order valence-electron chi connectivity index (χ2n) is 8.92. The molecule has 0 aromatic rings. The lowest BCUT2D eigenvalue weighted by atomic mass is 10.0. The Morgan fingerprint density at radius 3 is 1.83 bits per heavy atom. The van der Waals surface area contributed by atoms with Gasteiger partial charge in [0.25, 0.3) is 0 Å². The molecule has 6 heteroatoms. The number of rotatable bonds is 15. The minimum absolute atomic E-state index is 0.104. The van der Waals surface area contributed by atoms with Gasteiger partial charge in [0.05, 0.1) is 21.9 Å². The Morgan fingerprint density at radius 1 is 0.600 bits per heavy atom. The molecule has 0 spiro atoms. The van der Waals surface area contributed by atoms with Crippen molar-refractivity contribution in [3.63, 3.8) is 0 Å². The van der Waals surface area contributed by atoms with Crippen LogP contribution >= 0.6 is 47.0 Å². The molecule has 0 N–H and O–H groups in total. The van der Waals surface area contributed by atoms with E-state index in [0.717, 1.165) is 24.2 Å². The highest BCUT2D eigenvalue weighted by Crippen LogP contribution is 2.49. The van der Waals surface area contributed by atoms with Gasteiger partial charge in [0.1, 0.15) is 0 Å². The third-order valence-corrected chi connectivity index (χ3v) is 13.0. The molecular formula is C24H44O2S4. The van der Waals surface area contributed by atoms with E-state index in [1.54, 1.807) is 0 Å². The van der Waals surface area contributed by atoms with E-state index < -0.39 is 0 Å². The molecule has 0 aromatic heterocycles. The molecule has 0 bridgehead atoms. The third kappa shape index (κ3) is 10.5. The summed E-state index contributed by atoms with van der Waals surface area (Å²) in [6.45, 7) is 1.59. The van der Waals surface area contributed by atoms with Crippen molar-refractivity contribution in [2.24, 2.45) is 0 Å². The van der Waals surface area contributed by atoms with Crippen molar-refractivity contribution in [3.8, 4) is 0 Å². The summed E-state index contributed by atoms with van der Waals surface area (Å²) in [4.78, 5) is 0. The summed E-state index contributed by atoms with van der Waals surface area (Å²) in [5, 5.41) is 0. The summed E-state index contributed by atoms with van der Waals surface area (Å²) in [5.74, 6) is 5.60. The normalized spacial score (nSPS) is 23.2. The molecule has 30 heavy (non-hydrogen) atoms. The van der Waals surface area contributed by atoms with Crippen LogP contribution in [0.25, 0.3) is 0 Å². The van der Waals surface area contributed by atoms with Crippen molar-refractivity contribution in [2.45, 2.75) is 111 Å². The molecule has 2 nitrogen and oxygen atoms in total. The van der Waals surface area contributed by atoms with Crippen LogP contribution in [-0.4, -0.2) is 51.2 Å². The minimum atomic E-state index is 0.104. The van der Waals surface area contributed by atoms with Crippen LogP contribution in [0.15, 0.2) is 0 Å². The predicted octanol–water partition coefficient (Wildman–Crippen LogP) is 8.19. The number of thioether (sulfide) groups is 4. The van der Waals surface area contributed by atoms with Gasteiger partial charge in [-0.25, -0.2) is 0 Å². The van der Waals surface area contributed by atoms with Crippen LogP contribution in [0.4, 0.5) is 0 Å². The van der Waals surface area contributed by atoms with Crippen molar-refractivity contribution >= 4 is 47.0 Å². The van der Waals surface area contributed by atoms with Gasteiger partial charge in [0.2, 0.25) is 0 Å². The standard InChI is InChI=1S/C24H44O2S4/c1(2-4-6-12-22-25-16-17-26-22)3-5-8-14-24(29-20-11-21-30-24)15-9-7-13-23-27-18-10-19-28-23/h22-23H,1-21H2. The lowest BCUT2D eigenvalue weighted by Crippen LogP contribution is -2.25. The maximum atomic E-state index is 5.52. The van der Waals surface area contributed by atoms with Gasteiger partial charge >= 0.3 is 0 Å². The van der Waals surface area contributed by atoms with Gasteiger partial charge in [-0.15, -0.1) is 47.0 Å². The Balaban J connectivity index is 1.19. The molecule has 0 unspecified atom stereocenters. The number of ether oxygens (including phenoxy) is 2. The smallest absolute Gasteiger partial charge is 0.157 e. The third-order valence-electron chi connectivity index (χ3n) is 6.35. The van der Waals surface area contributed by atoms with E-state index in [9.17, 15) is 0 Å². The molecule has 0 atom stereocenters. The molecule has 0 amide bonds. The van der Waals surface area contributed by atoms with Gasteiger partial charge in [-0.2, -0.15) is 0 Å². The Morgan fingerprint density at radius 2 is 1.13 bits per heavy atom. The monoisotopic (exact) mass is 492 g/mol. The average Bonchev–Trinajstić information content (AvgIpc) is 3.31. The number of unbranched alkanes of at least 4 members (excludes halogenated alkanes) is 7. The van der Waals surface area contributed by atoms with Crippen molar-refractivity contribution in [2.75, 3.05) is 36.2 Å². The molecule has 0 aliphatic carbocycles. The van der Waals surface area contributed by atoms with Crippen molar-refractivity contribution < 1.29 is 9.47 Å². The fourth-order valence-corrected chi connectivity index (χ4v) is 11.1. The molecule has 3 fully saturated rings. The van der Waals surface area contributed by atoms with E-state index in [0.29, 0.717) is 4.08 Å². The molecule has 0 saturated carbocycles. The van der Waals surface area contributed by atoms with Gasteiger partial charge in [0, 0.05) is 0 Å². The SMILES string of the molecule is C(CCCCC1OCCO1)CCCCC1(CCCCC2SCCCS2)SCCCS1. The van der Waals surface area contributed by atoms with Gasteiger partial charge in [0.15, 0.2) is 6.29 Å². The lowest BCUT2D eigenvalue weighted by molar-refractivity contribution is -0.0480. The fourth-order valence-electron chi connectivity index (χ4n) is 4.60. The fraction of sp³-hybridized carbons (Fsp3) is 1.00. The topological polar surface area (TPSA) is 18.5 Å². The molecule has 3 heterocycles. The quantitative estimate of drug-likeness (QED) is 0.213. The summed E-state index contributed by atoms with van der Waals surface area (Å²) >= 11 is 9.07. The molecule has 0 aromatic carbocycles. The Kier molecular flexibility index (Phi) is 13.9. The highest BCUT2D eigenvalue weighted by atomic mass is 32.2. The van der Waals surface area contributed by atoms with E-state index in [1.165, 1.54) is 113 Å². The van der Waals surface area contributed by atoms with Crippen molar-refractivity contribution in [1.29, 1.82) is 0 Å². The first kappa shape index (κ1) is 25.9. The van der Waals surface area contributed by atoms with Crippen molar-refractivity contribution in [1.82, 2.24) is 0 Å². The van der Waals surface area contributed by atoms with Gasteiger partial charge in [-0.3, -0.25) is 0 Å². The lowest BCUT2D eigenvalue weighted by Gasteiger charge is -2.36. The first-order valence-electron chi connectivity index (χ1n) is 12.6. The van der Waals surface area contributed by atoms with E-state index in [1.807, 2.05) is 0 Å². The zero-order valence-corrected chi connectivity index (χ0v) is 22.2. The first-order valence-corrected chi connectivity index (χ1v) is 16.7. The molecule has 3 rings (SSSR count). The van der Waals surface area contributed by atoms with E-state index in [2.05, 4.69) is 47.0 Å². The summed E-state index contributed by atoms with van der Waals surface area (Å²) in [6.07, 6.45) is 21.0. The van der Waals surface area contributed by atoms with Gasteiger partial charge in [-0.05, 0) is 68.0 Å². The van der Waals surface area contributed by atoms with Crippen LogP contribution in [0.5, 0.6) is 0 Å². The summed E-state index contributed by atoms with van der Waals surface area (Å²) in [7, 11) is 0. The zero-order valence-electron chi connectivity index (χ0n) is 19.0. The molecule has 176 valence electrons. The average molecular weight is 493 g/mol. The zero-order chi connectivity index (χ0) is 20.7. The largest absolute Gasteiger partial charge is 0.350 e. The van der Waals surface area contributed by atoms with Crippen LogP contribution < -0.4 is 0 Å². The second-order valence-corrected chi connectivity index (χ2v) is 15.1. The van der Waals surface area contributed by atoms with E-state index in [4.69, 9.17) is 9.47 Å². The molecule has 3 aliphatic heterocycles. The maximum Gasteiger partial charge on any atom is 0.157 e. The first-order chi connectivity index (χ1) is 14.9. The van der Waals surface area contributed by atoms with Crippen LogP contribution in [0.2, 0.25) is 0 Å². The minimum Gasteiger partial charge on any atom is -0.350 e. The van der Waals surface area contributed by atoms with Crippen LogP contribution in [0.1, 0.15) is 96.3 Å². The summed E-state index contributed by atoms with van der Waals surface area (Å²) in [5.41, 5.74) is 0. The predicted molar refractivity (Wildman–Crippen MR) is 141 cm³/mol. The van der Waals surface area contributed by atoms with Gasteiger partial charge < -0.3 is 9.47 Å². The maximum absolute atomic E-state index is 5.52. The number of hydrogen-bond acceptors (Lipinski definition) is 6. The highest BCUT2D eigenvalue weighted by Gasteiger charge is 2.32. The Bertz CT molecular complexity index is 419. The molecule has 3 saturated heterocycles. The summed E-state index contributed by atoms with van der Waals surface area (Å²) < 4.78 is 12.5. The van der Waals surface area contributed by atoms with E-state index in [-0.39, 0.29) is 6.29 Å². The molecular weight excluding hydrogens is 449 g/mol. The second kappa shape index (κ2) is 16.0.